The highest BCUT2D eigenvalue weighted by atomic mass is 19.1. The zero-order chi connectivity index (χ0) is 16.8. The molecule has 1 atom stereocenters. The van der Waals surface area contributed by atoms with E-state index in [0.717, 1.165) is 19.0 Å². The van der Waals surface area contributed by atoms with Gasteiger partial charge < -0.3 is 14.6 Å². The van der Waals surface area contributed by atoms with Gasteiger partial charge in [0.1, 0.15) is 23.8 Å². The summed E-state index contributed by atoms with van der Waals surface area (Å²) in [5, 5.41) is 10.9. The van der Waals surface area contributed by atoms with Crippen molar-refractivity contribution in [2.45, 2.75) is 37.7 Å². The Bertz CT molecular complexity index is 504. The van der Waals surface area contributed by atoms with Crippen LogP contribution in [0.25, 0.3) is 0 Å². The zero-order valence-electron chi connectivity index (χ0n) is 14.3. The van der Waals surface area contributed by atoms with Crippen LogP contribution >= 0.6 is 0 Å². The number of benzene rings is 1. The van der Waals surface area contributed by atoms with E-state index in [-0.39, 0.29) is 19.0 Å². The van der Waals surface area contributed by atoms with Gasteiger partial charge in [-0.1, -0.05) is 19.3 Å². The first kappa shape index (κ1) is 17.6. The number of nitrogens with zero attached hydrogens (tertiary/aromatic N) is 1. The molecular weight excluding hydrogens is 309 g/mol. The van der Waals surface area contributed by atoms with E-state index in [2.05, 4.69) is 4.90 Å². The van der Waals surface area contributed by atoms with Gasteiger partial charge in [0.2, 0.25) is 0 Å². The Labute approximate surface area is 143 Å². The summed E-state index contributed by atoms with van der Waals surface area (Å²) in [5.41, 5.74) is -1.03. The summed E-state index contributed by atoms with van der Waals surface area (Å²) < 4.78 is 24.2. The third-order valence-corrected chi connectivity index (χ3v) is 5.00. The third-order valence-electron chi connectivity index (χ3n) is 5.00. The van der Waals surface area contributed by atoms with Crippen molar-refractivity contribution in [1.29, 1.82) is 0 Å². The maximum absolute atomic E-state index is 13.0. The molecule has 0 radical (unpaired) electrons. The lowest BCUT2D eigenvalue weighted by atomic mass is 9.88. The Morgan fingerprint density at radius 2 is 1.96 bits per heavy atom. The van der Waals surface area contributed by atoms with Gasteiger partial charge in [-0.3, -0.25) is 4.90 Å². The first-order chi connectivity index (χ1) is 11.6. The second-order valence-corrected chi connectivity index (χ2v) is 7.26. The lowest BCUT2D eigenvalue weighted by Gasteiger charge is -2.33. The van der Waals surface area contributed by atoms with Crippen molar-refractivity contribution >= 4 is 0 Å². The molecule has 0 bridgehead atoms. The minimum atomic E-state index is -1.03. The Morgan fingerprint density at radius 1 is 1.21 bits per heavy atom. The molecule has 1 aliphatic carbocycles. The minimum absolute atomic E-state index is 0.153. The van der Waals surface area contributed by atoms with E-state index in [1.165, 1.54) is 44.2 Å². The molecule has 1 aliphatic heterocycles. The molecule has 24 heavy (non-hydrogen) atoms. The normalized spacial score (nSPS) is 26.9. The zero-order valence-corrected chi connectivity index (χ0v) is 14.3. The molecule has 1 heterocycles. The average Bonchev–Trinajstić information content (AvgIpc) is 2.77. The van der Waals surface area contributed by atoms with Crippen LogP contribution in [0.2, 0.25) is 0 Å². The Kier molecular flexibility index (Phi) is 6.09. The molecule has 0 spiro atoms. The van der Waals surface area contributed by atoms with Gasteiger partial charge in [0.05, 0.1) is 13.2 Å². The highest BCUT2D eigenvalue weighted by molar-refractivity contribution is 5.22. The SMILES string of the molecule is O[C@@]1(COc2ccc(F)cc2)COCCN(CC2CCCCC2)C1. The Morgan fingerprint density at radius 3 is 2.71 bits per heavy atom. The minimum Gasteiger partial charge on any atom is -0.490 e. The van der Waals surface area contributed by atoms with Crippen LogP contribution in [-0.4, -0.2) is 55.1 Å². The molecule has 5 heteroatoms. The van der Waals surface area contributed by atoms with Crippen molar-refractivity contribution in [3.8, 4) is 5.75 Å². The summed E-state index contributed by atoms with van der Waals surface area (Å²) in [4.78, 5) is 2.32. The number of hydrogen-bond acceptors (Lipinski definition) is 4. The molecule has 2 aliphatic rings. The average molecular weight is 337 g/mol. The molecule has 1 saturated carbocycles. The summed E-state index contributed by atoms with van der Waals surface area (Å²) in [5.74, 6) is 1.00. The predicted octanol–water partition coefficient (Wildman–Crippen LogP) is 2.85. The summed E-state index contributed by atoms with van der Waals surface area (Å²) in [7, 11) is 0. The smallest absolute Gasteiger partial charge is 0.134 e. The Hall–Kier alpha value is -1.17. The van der Waals surface area contributed by atoms with E-state index in [1.807, 2.05) is 0 Å². The fourth-order valence-electron chi connectivity index (χ4n) is 3.72. The molecule has 2 fully saturated rings. The maximum atomic E-state index is 13.0. The van der Waals surface area contributed by atoms with Gasteiger partial charge in [-0.15, -0.1) is 0 Å². The molecule has 1 N–H and O–H groups in total. The van der Waals surface area contributed by atoms with Crippen molar-refractivity contribution in [3.05, 3.63) is 30.1 Å². The molecule has 1 aromatic carbocycles. The van der Waals surface area contributed by atoms with E-state index in [9.17, 15) is 9.50 Å². The number of aliphatic hydroxyl groups is 1. The summed E-state index contributed by atoms with van der Waals surface area (Å²) in [6, 6.07) is 5.88. The molecule has 1 saturated heterocycles. The van der Waals surface area contributed by atoms with E-state index >= 15 is 0 Å². The van der Waals surface area contributed by atoms with Crippen LogP contribution in [0.5, 0.6) is 5.75 Å². The molecule has 134 valence electrons. The summed E-state index contributed by atoms with van der Waals surface area (Å²) in [6.07, 6.45) is 6.60. The van der Waals surface area contributed by atoms with Gasteiger partial charge in [0.15, 0.2) is 0 Å². The quantitative estimate of drug-likeness (QED) is 0.897. The van der Waals surface area contributed by atoms with Gasteiger partial charge in [0.25, 0.3) is 0 Å². The molecule has 4 nitrogen and oxygen atoms in total. The van der Waals surface area contributed by atoms with Gasteiger partial charge in [-0.25, -0.2) is 4.39 Å². The van der Waals surface area contributed by atoms with Crippen LogP contribution < -0.4 is 4.74 Å². The van der Waals surface area contributed by atoms with Crippen LogP contribution in [0.15, 0.2) is 24.3 Å². The lowest BCUT2D eigenvalue weighted by molar-refractivity contribution is -0.0651. The topological polar surface area (TPSA) is 41.9 Å². The van der Waals surface area contributed by atoms with Gasteiger partial charge in [-0.05, 0) is 43.0 Å². The van der Waals surface area contributed by atoms with E-state index in [1.54, 1.807) is 12.1 Å². The van der Waals surface area contributed by atoms with Gasteiger partial charge >= 0.3 is 0 Å². The number of ether oxygens (including phenoxy) is 2. The maximum Gasteiger partial charge on any atom is 0.134 e. The lowest BCUT2D eigenvalue weighted by Crippen LogP contribution is -2.49. The van der Waals surface area contributed by atoms with Crippen LogP contribution in [0.1, 0.15) is 32.1 Å². The van der Waals surface area contributed by atoms with Gasteiger partial charge in [0, 0.05) is 19.6 Å². The number of β-amino-alcohol motifs (C(OH)–C–C–N with tert-alkyl or cyclic N) is 1. The van der Waals surface area contributed by atoms with Gasteiger partial charge in [-0.2, -0.15) is 0 Å². The van der Waals surface area contributed by atoms with Crippen molar-refractivity contribution < 1.29 is 19.0 Å². The second kappa shape index (κ2) is 8.28. The third kappa shape index (κ3) is 5.16. The molecule has 0 aromatic heterocycles. The van der Waals surface area contributed by atoms with Crippen LogP contribution in [0.3, 0.4) is 0 Å². The van der Waals surface area contributed by atoms with Crippen LogP contribution in [-0.2, 0) is 4.74 Å². The fraction of sp³-hybridized carbons (Fsp3) is 0.684. The monoisotopic (exact) mass is 337 g/mol. The fourth-order valence-corrected chi connectivity index (χ4v) is 3.72. The van der Waals surface area contributed by atoms with Crippen molar-refractivity contribution in [1.82, 2.24) is 4.90 Å². The highest BCUT2D eigenvalue weighted by Crippen LogP contribution is 2.25. The van der Waals surface area contributed by atoms with Crippen molar-refractivity contribution in [2.24, 2.45) is 5.92 Å². The number of rotatable bonds is 5. The largest absolute Gasteiger partial charge is 0.490 e. The van der Waals surface area contributed by atoms with Crippen LogP contribution in [0.4, 0.5) is 4.39 Å². The van der Waals surface area contributed by atoms with Crippen molar-refractivity contribution in [3.63, 3.8) is 0 Å². The molecule has 0 unspecified atom stereocenters. The van der Waals surface area contributed by atoms with Crippen molar-refractivity contribution in [2.75, 3.05) is 39.5 Å². The number of halogens is 1. The molecule has 3 rings (SSSR count). The van der Waals surface area contributed by atoms with Crippen LogP contribution in [0, 0.1) is 11.7 Å². The Balaban J connectivity index is 1.54. The summed E-state index contributed by atoms with van der Waals surface area (Å²) >= 11 is 0. The first-order valence-electron chi connectivity index (χ1n) is 9.04. The standard InChI is InChI=1S/C19H28FNO3/c20-17-6-8-18(9-7-17)24-15-19(22)13-21(10-11-23-14-19)12-16-4-2-1-3-5-16/h6-9,16,22H,1-5,10-15H2/t19-/m1/s1. The first-order valence-corrected chi connectivity index (χ1v) is 9.04. The molecule has 1 aromatic rings. The predicted molar refractivity (Wildman–Crippen MR) is 90.7 cm³/mol. The highest BCUT2D eigenvalue weighted by Gasteiger charge is 2.34. The van der Waals surface area contributed by atoms with E-state index in [0.29, 0.717) is 18.9 Å². The number of hydrogen-bond donors (Lipinski definition) is 1. The van der Waals surface area contributed by atoms with E-state index < -0.39 is 5.60 Å². The molecular formula is C19H28FNO3. The summed E-state index contributed by atoms with van der Waals surface area (Å²) in [6.45, 7) is 3.52. The van der Waals surface area contributed by atoms with E-state index in [4.69, 9.17) is 9.47 Å². The second-order valence-electron chi connectivity index (χ2n) is 7.26. The molecule has 0 amide bonds.